The molecule has 3 heterocycles. The zero-order chi connectivity index (χ0) is 20.3. The van der Waals surface area contributed by atoms with Crippen molar-refractivity contribution in [2.24, 2.45) is 0 Å². The van der Waals surface area contributed by atoms with Gasteiger partial charge in [-0.15, -0.1) is 0 Å². The van der Waals surface area contributed by atoms with E-state index < -0.39 is 11.9 Å². The molecule has 28 heavy (non-hydrogen) atoms. The number of fused-ring (bicyclic) bond motifs is 3. The molecule has 1 aromatic heterocycles. The number of phenols is 1. The Hall–Kier alpha value is -3.00. The Kier molecular flexibility index (Phi) is 5.89. The molecule has 3 N–H and O–H groups in total. The maximum Gasteiger partial charge on any atom is 0.328 e. The van der Waals surface area contributed by atoms with Crippen molar-refractivity contribution >= 4 is 23.0 Å². The number of aromatic hydroxyl groups is 1. The van der Waals surface area contributed by atoms with Crippen molar-refractivity contribution < 1.29 is 24.9 Å². The van der Waals surface area contributed by atoms with Gasteiger partial charge in [-0.3, -0.25) is 4.98 Å². The fraction of sp³-hybridized carbons (Fsp3) is 0.400. The normalized spacial score (nSPS) is 24.1. The number of hydrogen-bond donors (Lipinski definition) is 3. The molecule has 4 rings (SSSR count). The minimum atomic E-state index is -1.26. The quantitative estimate of drug-likeness (QED) is 0.688. The second-order valence-electron chi connectivity index (χ2n) is 7.20. The van der Waals surface area contributed by atoms with E-state index in [-0.39, 0.29) is 5.75 Å². The lowest BCUT2D eigenvalue weighted by atomic mass is 9.88. The van der Waals surface area contributed by atoms with E-state index in [4.69, 9.17) is 15.2 Å². The molecule has 2 unspecified atom stereocenters. The molecule has 0 aliphatic carbocycles. The van der Waals surface area contributed by atoms with Crippen LogP contribution in [-0.2, 0) is 9.59 Å². The van der Waals surface area contributed by atoms with Crippen molar-refractivity contribution in [2.75, 3.05) is 7.05 Å². The molecule has 2 bridgehead atoms. The van der Waals surface area contributed by atoms with E-state index in [0.717, 1.165) is 28.8 Å². The lowest BCUT2D eigenvalue weighted by Gasteiger charge is -2.36. The maximum absolute atomic E-state index is 9.55. The van der Waals surface area contributed by atoms with Crippen LogP contribution in [0.5, 0.6) is 5.75 Å². The first kappa shape index (κ1) is 19.8. The van der Waals surface area contributed by atoms with Gasteiger partial charge < -0.3 is 20.2 Å². The van der Waals surface area contributed by atoms with Crippen molar-refractivity contribution in [1.29, 1.82) is 0 Å². The van der Waals surface area contributed by atoms with Gasteiger partial charge in [0.1, 0.15) is 5.75 Å². The number of carboxylic acids is 2. The fourth-order valence-corrected chi connectivity index (χ4v) is 4.01. The van der Waals surface area contributed by atoms with E-state index in [1.807, 2.05) is 12.3 Å². The van der Waals surface area contributed by atoms with Crippen LogP contribution in [0.4, 0.5) is 0 Å². The average molecular weight is 385 g/mol. The third-order valence-corrected chi connectivity index (χ3v) is 5.43. The first-order valence-electron chi connectivity index (χ1n) is 9.15. The number of rotatable bonds is 3. The van der Waals surface area contributed by atoms with E-state index in [1.54, 1.807) is 12.1 Å². The predicted octanol–water partition coefficient (Wildman–Crippen LogP) is 2.39. The summed E-state index contributed by atoms with van der Waals surface area (Å²) in [5, 5.41) is 25.1. The Bertz CT molecular complexity index is 884. The molecule has 2 saturated heterocycles. The van der Waals surface area contributed by atoms with Crippen LogP contribution in [0.2, 0.25) is 0 Å². The van der Waals surface area contributed by atoms with Crippen LogP contribution in [-0.4, -0.2) is 61.3 Å². The highest BCUT2D eigenvalue weighted by Crippen LogP contribution is 2.41. The molecule has 1 aromatic carbocycles. The molecule has 2 atom stereocenters. The Morgan fingerprint density at radius 3 is 2.25 bits per heavy atom. The molecule has 2 aliphatic rings. The highest BCUT2D eigenvalue weighted by molar-refractivity contribution is 5.89. The fourth-order valence-electron chi connectivity index (χ4n) is 4.01. The third kappa shape index (κ3) is 4.64. The molecule has 2 fully saturated rings. The van der Waals surface area contributed by atoms with Gasteiger partial charge in [0.25, 0.3) is 0 Å². The monoisotopic (exact) mass is 385 g/mol. The van der Waals surface area contributed by atoms with Crippen LogP contribution < -0.4 is 0 Å². The van der Waals surface area contributed by atoms with E-state index >= 15 is 0 Å². The highest BCUT2D eigenvalue weighted by atomic mass is 16.4. The van der Waals surface area contributed by atoms with Crippen LogP contribution in [0, 0.1) is 0 Å². The summed E-state index contributed by atoms with van der Waals surface area (Å²) < 4.78 is 0. The van der Waals surface area contributed by atoms with Gasteiger partial charge in [0, 0.05) is 42.4 Å². The maximum atomic E-state index is 9.55. The van der Waals surface area contributed by atoms with Crippen molar-refractivity contribution in [2.45, 2.75) is 43.7 Å². The number of phenolic OH excluding ortho intramolecular Hbond substituents is 1. The van der Waals surface area contributed by atoms with Gasteiger partial charge in [-0.2, -0.15) is 0 Å². The van der Waals surface area contributed by atoms with E-state index in [1.165, 1.54) is 25.7 Å². The van der Waals surface area contributed by atoms with Crippen LogP contribution in [0.3, 0.4) is 0 Å². The Balaban J connectivity index is 0.000000242. The molecule has 2 aliphatic heterocycles. The summed E-state index contributed by atoms with van der Waals surface area (Å²) in [4.78, 5) is 30.9. The zero-order valence-corrected chi connectivity index (χ0v) is 15.5. The number of aromatic nitrogens is 2. The molecule has 0 saturated carbocycles. The molecule has 148 valence electrons. The Morgan fingerprint density at radius 1 is 1.07 bits per heavy atom. The number of aliphatic carboxylic acids is 2. The van der Waals surface area contributed by atoms with E-state index in [2.05, 4.69) is 16.9 Å². The molecule has 2 aromatic rings. The Morgan fingerprint density at radius 2 is 1.68 bits per heavy atom. The number of benzene rings is 1. The number of nitrogens with zero attached hydrogens (tertiary/aromatic N) is 3. The topological polar surface area (TPSA) is 124 Å². The van der Waals surface area contributed by atoms with Gasteiger partial charge in [-0.25, -0.2) is 14.6 Å². The van der Waals surface area contributed by atoms with Crippen LogP contribution >= 0.6 is 0 Å². The minimum Gasteiger partial charge on any atom is -0.508 e. The van der Waals surface area contributed by atoms with E-state index in [9.17, 15) is 14.7 Å². The summed E-state index contributed by atoms with van der Waals surface area (Å²) in [5.74, 6) is -1.73. The Labute approximate surface area is 162 Å². The predicted molar refractivity (Wildman–Crippen MR) is 102 cm³/mol. The van der Waals surface area contributed by atoms with Crippen molar-refractivity contribution in [3.8, 4) is 5.75 Å². The van der Waals surface area contributed by atoms with Gasteiger partial charge in [0.05, 0.1) is 16.7 Å². The summed E-state index contributed by atoms with van der Waals surface area (Å²) in [6, 6.07) is 6.64. The van der Waals surface area contributed by atoms with Gasteiger partial charge in [0.2, 0.25) is 0 Å². The number of carboxylic acid groups (broad SMARTS) is 2. The van der Waals surface area contributed by atoms with Crippen molar-refractivity contribution in [1.82, 2.24) is 14.9 Å². The first-order valence-corrected chi connectivity index (χ1v) is 9.15. The molecule has 8 nitrogen and oxygen atoms in total. The standard InChI is InChI=1S/C16H19N3O.C4H4O4/c1-19-11-2-3-12(19)7-10(6-11)16-9-17-15-8-13(20)4-5-14(15)18-16;5-3(6)1-2-4(7)8/h4-5,8-12,20H,2-3,6-7H2,1H3;1-2H,(H,5,6)(H,7,8)/b;2-1-. The van der Waals surface area contributed by atoms with Crippen molar-refractivity contribution in [3.05, 3.63) is 42.2 Å². The van der Waals surface area contributed by atoms with Crippen LogP contribution in [0.25, 0.3) is 11.0 Å². The van der Waals surface area contributed by atoms with Gasteiger partial charge >= 0.3 is 11.9 Å². The number of hydrogen-bond acceptors (Lipinski definition) is 6. The second-order valence-corrected chi connectivity index (χ2v) is 7.20. The molecular weight excluding hydrogens is 362 g/mol. The summed E-state index contributed by atoms with van der Waals surface area (Å²) >= 11 is 0. The molecule has 0 amide bonds. The van der Waals surface area contributed by atoms with Crippen LogP contribution in [0.15, 0.2) is 36.5 Å². The lowest BCUT2D eigenvalue weighted by molar-refractivity contribution is -0.134. The van der Waals surface area contributed by atoms with Crippen LogP contribution in [0.1, 0.15) is 37.3 Å². The summed E-state index contributed by atoms with van der Waals surface area (Å²) in [6.45, 7) is 0. The average Bonchev–Trinajstić information content (AvgIpc) is 2.87. The zero-order valence-electron chi connectivity index (χ0n) is 15.5. The number of piperidine rings is 1. The van der Waals surface area contributed by atoms with Gasteiger partial charge in [-0.05, 0) is 44.9 Å². The SMILES string of the molecule is CN1C2CCC1CC(c1cnc3cc(O)ccc3n1)C2.O=C(O)/C=C\C(=O)O. The van der Waals surface area contributed by atoms with Gasteiger partial charge in [-0.1, -0.05) is 0 Å². The summed E-state index contributed by atoms with van der Waals surface area (Å²) in [6.07, 6.45) is 8.07. The largest absolute Gasteiger partial charge is 0.508 e. The summed E-state index contributed by atoms with van der Waals surface area (Å²) in [5.41, 5.74) is 2.77. The first-order chi connectivity index (χ1) is 13.3. The summed E-state index contributed by atoms with van der Waals surface area (Å²) in [7, 11) is 2.26. The molecular formula is C20H23N3O5. The van der Waals surface area contributed by atoms with Gasteiger partial charge in [0.15, 0.2) is 0 Å². The molecule has 8 heteroatoms. The van der Waals surface area contributed by atoms with E-state index in [0.29, 0.717) is 18.1 Å². The number of carbonyl (C=O) groups is 2. The second kappa shape index (κ2) is 8.35. The lowest BCUT2D eigenvalue weighted by Crippen LogP contribution is -2.39. The third-order valence-electron chi connectivity index (χ3n) is 5.43. The molecule has 0 spiro atoms. The van der Waals surface area contributed by atoms with Crippen molar-refractivity contribution in [3.63, 3.8) is 0 Å². The minimum absolute atomic E-state index is 0.247. The molecule has 0 radical (unpaired) electrons. The smallest absolute Gasteiger partial charge is 0.328 e. The highest BCUT2D eigenvalue weighted by Gasteiger charge is 2.39.